The average Bonchev–Trinajstić information content (AvgIpc) is 2.80. The molecule has 5 nitrogen and oxygen atoms in total. The molecule has 5 heteroatoms. The molecule has 0 fully saturated rings. The summed E-state index contributed by atoms with van der Waals surface area (Å²) in [7, 11) is 0. The zero-order chi connectivity index (χ0) is 18.3. The molecule has 0 saturated heterocycles. The zero-order valence-electron chi connectivity index (χ0n) is 14.7. The number of carbonyl (C=O) groups excluding carboxylic acids is 3. The van der Waals surface area contributed by atoms with Gasteiger partial charge in [0.1, 0.15) is 0 Å². The molecular formula is C20H20N2O3. The maximum absolute atomic E-state index is 12.8. The summed E-state index contributed by atoms with van der Waals surface area (Å²) in [5.74, 6) is -1.02. The zero-order valence-corrected chi connectivity index (χ0v) is 14.7. The molecule has 2 aromatic carbocycles. The Bertz CT molecular complexity index is 900. The normalized spacial score (nSPS) is 13.4. The summed E-state index contributed by atoms with van der Waals surface area (Å²) in [6.45, 7) is 7.63. The molecule has 0 atom stereocenters. The molecule has 1 aliphatic heterocycles. The highest BCUT2D eigenvalue weighted by atomic mass is 16.2. The number of aryl methyl sites for hydroxylation is 2. The van der Waals surface area contributed by atoms with Crippen LogP contribution in [0.5, 0.6) is 0 Å². The van der Waals surface area contributed by atoms with Crippen molar-refractivity contribution >= 4 is 23.4 Å². The van der Waals surface area contributed by atoms with Crippen molar-refractivity contribution in [1.29, 1.82) is 0 Å². The van der Waals surface area contributed by atoms with Gasteiger partial charge in [0.25, 0.3) is 17.7 Å². The number of hydrogen-bond donors (Lipinski definition) is 1. The van der Waals surface area contributed by atoms with Gasteiger partial charge in [-0.3, -0.25) is 14.4 Å². The summed E-state index contributed by atoms with van der Waals surface area (Å²) in [5, 5.41) is 2.78. The van der Waals surface area contributed by atoms with Crippen LogP contribution in [0.25, 0.3) is 0 Å². The number of nitrogens with one attached hydrogen (secondary N) is 1. The summed E-state index contributed by atoms with van der Waals surface area (Å²) in [6.07, 6.45) is 0. The molecule has 0 aliphatic carbocycles. The molecule has 1 N–H and O–H groups in total. The van der Waals surface area contributed by atoms with E-state index in [1.165, 1.54) is 11.0 Å². The van der Waals surface area contributed by atoms with Gasteiger partial charge < -0.3 is 5.32 Å². The van der Waals surface area contributed by atoms with Gasteiger partial charge in [0, 0.05) is 11.6 Å². The van der Waals surface area contributed by atoms with Crippen LogP contribution in [0.3, 0.4) is 0 Å². The second-order valence-electron chi connectivity index (χ2n) is 6.60. The van der Waals surface area contributed by atoms with Crippen molar-refractivity contribution in [3.8, 4) is 0 Å². The molecule has 3 amide bonds. The third kappa shape index (κ3) is 2.93. The Hall–Kier alpha value is -2.95. The van der Waals surface area contributed by atoms with Gasteiger partial charge in [0.05, 0.1) is 16.8 Å². The van der Waals surface area contributed by atoms with E-state index in [0.29, 0.717) is 16.8 Å². The van der Waals surface area contributed by atoms with Crippen LogP contribution in [-0.4, -0.2) is 23.8 Å². The molecule has 1 heterocycles. The van der Waals surface area contributed by atoms with Crippen LogP contribution < -0.4 is 10.2 Å². The Kier molecular flexibility index (Phi) is 4.17. The molecule has 0 aromatic heterocycles. The van der Waals surface area contributed by atoms with Crippen molar-refractivity contribution in [2.24, 2.45) is 0 Å². The largest absolute Gasteiger partial charge is 0.350 e. The molecule has 0 radical (unpaired) electrons. The highest BCUT2D eigenvalue weighted by Crippen LogP contribution is 2.30. The number of nitrogens with zero attached hydrogens (tertiary/aromatic N) is 1. The first-order valence-corrected chi connectivity index (χ1v) is 8.20. The van der Waals surface area contributed by atoms with E-state index in [0.717, 1.165) is 11.1 Å². The van der Waals surface area contributed by atoms with E-state index in [-0.39, 0.29) is 23.4 Å². The molecule has 0 bridgehead atoms. The van der Waals surface area contributed by atoms with Gasteiger partial charge in [-0.1, -0.05) is 6.07 Å². The Labute approximate surface area is 146 Å². The van der Waals surface area contributed by atoms with Crippen LogP contribution in [0.1, 0.15) is 56.0 Å². The summed E-state index contributed by atoms with van der Waals surface area (Å²) < 4.78 is 0. The van der Waals surface area contributed by atoms with Gasteiger partial charge in [0.15, 0.2) is 0 Å². The first-order chi connectivity index (χ1) is 11.8. The van der Waals surface area contributed by atoms with Crippen LogP contribution in [0.15, 0.2) is 36.4 Å². The third-order valence-electron chi connectivity index (χ3n) is 4.32. The Morgan fingerprint density at radius 2 is 1.60 bits per heavy atom. The summed E-state index contributed by atoms with van der Waals surface area (Å²) in [6, 6.07) is 10.1. The fraction of sp³-hybridized carbons (Fsp3) is 0.250. The molecule has 25 heavy (non-hydrogen) atoms. The number of imide groups is 1. The summed E-state index contributed by atoms with van der Waals surface area (Å²) in [5.41, 5.74) is 3.60. The smallest absolute Gasteiger partial charge is 0.266 e. The second-order valence-corrected chi connectivity index (χ2v) is 6.60. The molecule has 1 aliphatic rings. The summed E-state index contributed by atoms with van der Waals surface area (Å²) >= 11 is 0. The van der Waals surface area contributed by atoms with E-state index < -0.39 is 5.91 Å². The number of amides is 3. The predicted molar refractivity (Wildman–Crippen MR) is 96.1 cm³/mol. The predicted octanol–water partition coefficient (Wildman–Crippen LogP) is 3.24. The number of fused-ring (bicyclic) bond motifs is 1. The second kappa shape index (κ2) is 6.16. The highest BCUT2D eigenvalue weighted by Gasteiger charge is 2.37. The standard InChI is InChI=1S/C20H20N2O3/c1-11(2)21-18(23)14-6-8-16-17(10-14)20(25)22(19(16)24)15-7-5-12(3)13(4)9-15/h5-11H,1-4H3,(H,21,23). The lowest BCUT2D eigenvalue weighted by Crippen LogP contribution is -2.30. The van der Waals surface area contributed by atoms with Gasteiger partial charge in [-0.15, -0.1) is 0 Å². The van der Waals surface area contributed by atoms with Crippen LogP contribution >= 0.6 is 0 Å². The number of hydrogen-bond acceptors (Lipinski definition) is 3. The molecule has 3 rings (SSSR count). The molecule has 128 valence electrons. The van der Waals surface area contributed by atoms with Crippen LogP contribution in [-0.2, 0) is 0 Å². The van der Waals surface area contributed by atoms with Crippen LogP contribution in [0.4, 0.5) is 5.69 Å². The van der Waals surface area contributed by atoms with E-state index in [9.17, 15) is 14.4 Å². The van der Waals surface area contributed by atoms with Gasteiger partial charge in [-0.25, -0.2) is 4.90 Å². The fourth-order valence-electron chi connectivity index (χ4n) is 2.83. The van der Waals surface area contributed by atoms with Crippen molar-refractivity contribution in [2.45, 2.75) is 33.7 Å². The minimum Gasteiger partial charge on any atom is -0.350 e. The van der Waals surface area contributed by atoms with Crippen molar-refractivity contribution in [3.63, 3.8) is 0 Å². The monoisotopic (exact) mass is 336 g/mol. The molecule has 0 saturated carbocycles. The van der Waals surface area contributed by atoms with E-state index in [1.807, 2.05) is 39.8 Å². The lowest BCUT2D eigenvalue weighted by molar-refractivity contribution is 0.0922. The fourth-order valence-corrected chi connectivity index (χ4v) is 2.83. The van der Waals surface area contributed by atoms with E-state index in [1.54, 1.807) is 18.2 Å². The Morgan fingerprint density at radius 3 is 2.24 bits per heavy atom. The lowest BCUT2D eigenvalue weighted by atomic mass is 10.1. The lowest BCUT2D eigenvalue weighted by Gasteiger charge is -2.15. The molecule has 2 aromatic rings. The van der Waals surface area contributed by atoms with Crippen molar-refractivity contribution in [2.75, 3.05) is 4.90 Å². The Morgan fingerprint density at radius 1 is 0.920 bits per heavy atom. The van der Waals surface area contributed by atoms with Gasteiger partial charge in [-0.05, 0) is 69.2 Å². The van der Waals surface area contributed by atoms with Crippen molar-refractivity contribution < 1.29 is 14.4 Å². The van der Waals surface area contributed by atoms with Gasteiger partial charge in [-0.2, -0.15) is 0 Å². The molecule has 0 unspecified atom stereocenters. The number of benzene rings is 2. The van der Waals surface area contributed by atoms with Gasteiger partial charge >= 0.3 is 0 Å². The SMILES string of the molecule is Cc1ccc(N2C(=O)c3ccc(C(=O)NC(C)C)cc3C2=O)cc1C. The minimum atomic E-state index is -0.401. The maximum Gasteiger partial charge on any atom is 0.266 e. The topological polar surface area (TPSA) is 66.5 Å². The van der Waals surface area contributed by atoms with Crippen molar-refractivity contribution in [1.82, 2.24) is 5.32 Å². The quantitative estimate of drug-likeness (QED) is 0.875. The van der Waals surface area contributed by atoms with Crippen LogP contribution in [0, 0.1) is 13.8 Å². The van der Waals surface area contributed by atoms with E-state index >= 15 is 0 Å². The third-order valence-corrected chi connectivity index (χ3v) is 4.32. The van der Waals surface area contributed by atoms with Crippen LogP contribution in [0.2, 0.25) is 0 Å². The molecular weight excluding hydrogens is 316 g/mol. The van der Waals surface area contributed by atoms with E-state index in [2.05, 4.69) is 5.32 Å². The van der Waals surface area contributed by atoms with Crippen molar-refractivity contribution in [3.05, 3.63) is 64.2 Å². The summed E-state index contributed by atoms with van der Waals surface area (Å²) in [4.78, 5) is 38.8. The number of anilines is 1. The number of rotatable bonds is 3. The first-order valence-electron chi connectivity index (χ1n) is 8.20. The first kappa shape index (κ1) is 16.9. The highest BCUT2D eigenvalue weighted by molar-refractivity contribution is 6.34. The van der Waals surface area contributed by atoms with Gasteiger partial charge in [0.2, 0.25) is 0 Å². The minimum absolute atomic E-state index is 0.00915. The Balaban J connectivity index is 1.99. The molecule has 0 spiro atoms. The van der Waals surface area contributed by atoms with E-state index in [4.69, 9.17) is 0 Å². The number of carbonyl (C=O) groups is 3. The average molecular weight is 336 g/mol. The maximum atomic E-state index is 12.8.